The highest BCUT2D eigenvalue weighted by Crippen LogP contribution is 2.03. The lowest BCUT2D eigenvalue weighted by Crippen LogP contribution is -2.27. The third-order valence-electron chi connectivity index (χ3n) is 1.11. The van der Waals surface area contributed by atoms with E-state index in [9.17, 15) is 10.0 Å². The first-order chi connectivity index (χ1) is 5.66. The third-order valence-corrected chi connectivity index (χ3v) is 1.11. The SMILES string of the molecule is CCOC(=O)c1no[n+]([O-])c1N. The Hall–Kier alpha value is -1.79. The van der Waals surface area contributed by atoms with Gasteiger partial charge in [-0.1, -0.05) is 4.90 Å². The molecule has 0 saturated heterocycles. The Morgan fingerprint density at radius 2 is 2.58 bits per heavy atom. The Morgan fingerprint density at radius 1 is 1.92 bits per heavy atom. The number of carbonyl (C=O) groups excluding carboxylic acids is 1. The minimum Gasteiger partial charge on any atom is -0.460 e. The van der Waals surface area contributed by atoms with Gasteiger partial charge in [-0.15, -0.1) is 0 Å². The summed E-state index contributed by atoms with van der Waals surface area (Å²) in [5.74, 6) is -1.16. The summed E-state index contributed by atoms with van der Waals surface area (Å²) in [6.07, 6.45) is 0. The van der Waals surface area contributed by atoms with E-state index in [1.54, 1.807) is 6.92 Å². The number of esters is 1. The first-order valence-corrected chi connectivity index (χ1v) is 3.19. The fourth-order valence-electron chi connectivity index (χ4n) is 0.596. The average Bonchev–Trinajstić information content (AvgIpc) is 2.34. The maximum absolute atomic E-state index is 10.9. The van der Waals surface area contributed by atoms with Crippen molar-refractivity contribution >= 4 is 11.8 Å². The van der Waals surface area contributed by atoms with Gasteiger partial charge in [0, 0.05) is 0 Å². The number of nitrogens with two attached hydrogens (primary N) is 1. The van der Waals surface area contributed by atoms with Crippen LogP contribution in [0.3, 0.4) is 0 Å². The Bertz CT molecular complexity index is 295. The van der Waals surface area contributed by atoms with Crippen molar-refractivity contribution in [3.05, 3.63) is 10.9 Å². The number of nitrogen functional groups attached to an aromatic ring is 1. The summed E-state index contributed by atoms with van der Waals surface area (Å²) >= 11 is 0. The lowest BCUT2D eigenvalue weighted by Gasteiger charge is -1.93. The zero-order valence-electron chi connectivity index (χ0n) is 6.31. The highest BCUT2D eigenvalue weighted by atomic mass is 16.8. The van der Waals surface area contributed by atoms with E-state index >= 15 is 0 Å². The van der Waals surface area contributed by atoms with Crippen LogP contribution < -0.4 is 10.6 Å². The summed E-state index contributed by atoms with van der Waals surface area (Å²) < 4.78 is 8.58. The molecule has 2 N–H and O–H groups in total. The van der Waals surface area contributed by atoms with Gasteiger partial charge in [-0.3, -0.25) is 0 Å². The second kappa shape index (κ2) is 3.07. The quantitative estimate of drug-likeness (QED) is 0.457. The molecule has 7 heteroatoms. The molecule has 0 spiro atoms. The minimum absolute atomic E-state index is 0.0632. The van der Waals surface area contributed by atoms with Crippen molar-refractivity contribution in [2.45, 2.75) is 6.92 Å². The molecule has 1 aromatic rings. The summed E-state index contributed by atoms with van der Waals surface area (Å²) in [5.41, 5.74) is 4.83. The maximum atomic E-state index is 10.9. The molecule has 0 fully saturated rings. The molecular formula is C5H7N3O4. The Labute approximate surface area is 67.2 Å². The molecule has 0 bridgehead atoms. The number of rotatable bonds is 2. The van der Waals surface area contributed by atoms with Crippen LogP contribution in [-0.4, -0.2) is 17.7 Å². The number of ether oxygens (including phenoxy) is 1. The van der Waals surface area contributed by atoms with E-state index in [-0.39, 0.29) is 17.2 Å². The zero-order chi connectivity index (χ0) is 9.14. The molecule has 0 atom stereocenters. The van der Waals surface area contributed by atoms with Crippen molar-refractivity contribution in [1.82, 2.24) is 5.16 Å². The molecule has 12 heavy (non-hydrogen) atoms. The highest BCUT2D eigenvalue weighted by molar-refractivity contribution is 5.90. The van der Waals surface area contributed by atoms with E-state index in [0.717, 1.165) is 0 Å². The summed E-state index contributed by atoms with van der Waals surface area (Å²) in [6.45, 7) is 1.81. The van der Waals surface area contributed by atoms with Gasteiger partial charge in [-0.2, -0.15) is 0 Å². The van der Waals surface area contributed by atoms with E-state index in [2.05, 4.69) is 14.5 Å². The van der Waals surface area contributed by atoms with Gasteiger partial charge in [0.1, 0.15) is 0 Å². The van der Waals surface area contributed by atoms with E-state index in [1.165, 1.54) is 0 Å². The fourth-order valence-corrected chi connectivity index (χ4v) is 0.596. The van der Waals surface area contributed by atoms with Crippen molar-refractivity contribution in [2.24, 2.45) is 0 Å². The van der Waals surface area contributed by atoms with Gasteiger partial charge in [-0.25, -0.2) is 4.79 Å². The highest BCUT2D eigenvalue weighted by Gasteiger charge is 2.23. The van der Waals surface area contributed by atoms with Crippen LogP contribution in [0.15, 0.2) is 4.63 Å². The molecule has 0 radical (unpaired) electrons. The second-order valence-electron chi connectivity index (χ2n) is 1.88. The summed E-state index contributed by atoms with van der Waals surface area (Å²) in [6, 6.07) is 0. The standard InChI is InChI=1S/C5H7N3O4/c1-2-11-5(9)3-4(6)8(10)12-7-3/h2,6H2,1H3. The van der Waals surface area contributed by atoms with E-state index in [1.807, 2.05) is 0 Å². The van der Waals surface area contributed by atoms with Crippen molar-refractivity contribution < 1.29 is 19.1 Å². The van der Waals surface area contributed by atoms with E-state index < -0.39 is 11.8 Å². The molecule has 0 amide bonds. The molecule has 1 heterocycles. The van der Waals surface area contributed by atoms with Crippen LogP contribution in [0.25, 0.3) is 0 Å². The number of anilines is 1. The van der Waals surface area contributed by atoms with Crippen LogP contribution in [0.1, 0.15) is 17.4 Å². The number of carbonyl (C=O) groups is 1. The van der Waals surface area contributed by atoms with Crippen molar-refractivity contribution in [1.29, 1.82) is 0 Å². The van der Waals surface area contributed by atoms with Gasteiger partial charge in [0.2, 0.25) is 0 Å². The van der Waals surface area contributed by atoms with Crippen molar-refractivity contribution in [3.63, 3.8) is 0 Å². The molecular weight excluding hydrogens is 166 g/mol. The average molecular weight is 173 g/mol. The van der Waals surface area contributed by atoms with Gasteiger partial charge in [-0.05, 0) is 12.1 Å². The van der Waals surface area contributed by atoms with Gasteiger partial charge in [0.05, 0.1) is 6.61 Å². The maximum Gasteiger partial charge on any atom is 0.383 e. The Kier molecular flexibility index (Phi) is 2.13. The van der Waals surface area contributed by atoms with Crippen LogP contribution in [0.4, 0.5) is 5.82 Å². The number of aromatic nitrogens is 2. The Morgan fingerprint density at radius 3 is 3.00 bits per heavy atom. The van der Waals surface area contributed by atoms with Crippen LogP contribution >= 0.6 is 0 Å². The van der Waals surface area contributed by atoms with Crippen LogP contribution in [-0.2, 0) is 4.74 Å². The predicted molar refractivity (Wildman–Crippen MR) is 35.8 cm³/mol. The third kappa shape index (κ3) is 1.29. The number of hydrogen-bond donors (Lipinski definition) is 1. The largest absolute Gasteiger partial charge is 0.460 e. The molecule has 1 rings (SSSR count). The van der Waals surface area contributed by atoms with Crippen molar-refractivity contribution in [2.75, 3.05) is 12.3 Å². The van der Waals surface area contributed by atoms with Gasteiger partial charge < -0.3 is 20.3 Å². The minimum atomic E-state index is -0.770. The van der Waals surface area contributed by atoms with Crippen LogP contribution in [0.5, 0.6) is 0 Å². The molecule has 0 aliphatic carbocycles. The Balaban J connectivity index is 2.88. The summed E-state index contributed by atoms with van der Waals surface area (Å²) in [7, 11) is 0. The first kappa shape index (κ1) is 8.31. The molecule has 1 aromatic heterocycles. The smallest absolute Gasteiger partial charge is 0.383 e. The molecule has 0 unspecified atom stereocenters. The lowest BCUT2D eigenvalue weighted by atomic mass is 10.4. The molecule has 0 aromatic carbocycles. The van der Waals surface area contributed by atoms with Crippen molar-refractivity contribution in [3.8, 4) is 0 Å². The van der Waals surface area contributed by atoms with E-state index in [0.29, 0.717) is 0 Å². The monoisotopic (exact) mass is 173 g/mol. The topological polar surface area (TPSA) is 105 Å². The first-order valence-electron chi connectivity index (χ1n) is 3.19. The molecule has 7 nitrogen and oxygen atoms in total. The molecule has 0 aliphatic heterocycles. The molecule has 0 aliphatic rings. The molecule has 66 valence electrons. The number of hydrogen-bond acceptors (Lipinski definition) is 6. The zero-order valence-corrected chi connectivity index (χ0v) is 6.31. The number of nitrogens with zero attached hydrogens (tertiary/aromatic N) is 2. The van der Waals surface area contributed by atoms with Crippen LogP contribution in [0, 0.1) is 5.21 Å². The second-order valence-corrected chi connectivity index (χ2v) is 1.88. The predicted octanol–water partition coefficient (Wildman–Crippen LogP) is -0.933. The van der Waals surface area contributed by atoms with E-state index in [4.69, 9.17) is 5.73 Å². The fraction of sp³-hybridized carbons (Fsp3) is 0.400. The van der Waals surface area contributed by atoms with Gasteiger partial charge in [0.15, 0.2) is 0 Å². The lowest BCUT2D eigenvalue weighted by molar-refractivity contribution is -0.790. The normalized spacial score (nSPS) is 9.75. The van der Waals surface area contributed by atoms with Gasteiger partial charge >= 0.3 is 17.5 Å². The summed E-state index contributed by atoms with van der Waals surface area (Å²) in [5, 5.41) is 13.6. The summed E-state index contributed by atoms with van der Waals surface area (Å²) in [4.78, 5) is 10.8. The van der Waals surface area contributed by atoms with Gasteiger partial charge in [0.25, 0.3) is 0 Å². The van der Waals surface area contributed by atoms with Crippen LogP contribution in [0.2, 0.25) is 0 Å². The molecule has 0 saturated carbocycles.